The largest absolute Gasteiger partial charge is 0.480 e. The molecule has 20 heavy (non-hydrogen) atoms. The van der Waals surface area contributed by atoms with Gasteiger partial charge in [0.05, 0.1) is 0 Å². The van der Waals surface area contributed by atoms with E-state index in [-0.39, 0.29) is 11.7 Å². The fraction of sp³-hybridized carbons (Fsp3) is 0.500. The van der Waals surface area contributed by atoms with Crippen molar-refractivity contribution in [3.63, 3.8) is 0 Å². The molecule has 3 rings (SSSR count). The molecule has 0 aromatic heterocycles. The highest BCUT2D eigenvalue weighted by molar-refractivity contribution is 6.05. The molecule has 106 valence electrons. The number of carbonyl (C=O) groups excluding carboxylic acids is 1. The molecule has 4 heteroatoms. The van der Waals surface area contributed by atoms with E-state index in [1.54, 1.807) is 0 Å². The third kappa shape index (κ3) is 2.14. The van der Waals surface area contributed by atoms with Crippen molar-refractivity contribution >= 4 is 11.8 Å². The molecule has 4 nitrogen and oxygen atoms in total. The summed E-state index contributed by atoms with van der Waals surface area (Å²) < 4.78 is 0. The monoisotopic (exact) mass is 273 g/mol. The summed E-state index contributed by atoms with van der Waals surface area (Å²) >= 11 is 0. The van der Waals surface area contributed by atoms with Gasteiger partial charge in [-0.15, -0.1) is 0 Å². The van der Waals surface area contributed by atoms with Gasteiger partial charge in [0.25, 0.3) is 0 Å². The second kappa shape index (κ2) is 5.02. The van der Waals surface area contributed by atoms with Crippen LogP contribution in [0.1, 0.15) is 24.8 Å². The molecule has 1 aliphatic carbocycles. The van der Waals surface area contributed by atoms with Gasteiger partial charge in [0.2, 0.25) is 0 Å². The van der Waals surface area contributed by atoms with E-state index in [1.807, 2.05) is 30.3 Å². The molecule has 2 aliphatic rings. The van der Waals surface area contributed by atoms with Crippen LogP contribution in [0.2, 0.25) is 0 Å². The lowest BCUT2D eigenvalue weighted by molar-refractivity contribution is -0.165. The highest BCUT2D eigenvalue weighted by atomic mass is 16.4. The van der Waals surface area contributed by atoms with Gasteiger partial charge in [-0.1, -0.05) is 36.8 Å². The first-order chi connectivity index (χ1) is 9.62. The van der Waals surface area contributed by atoms with Crippen LogP contribution in [-0.4, -0.2) is 34.8 Å². The molecular formula is C16H19NO3. The maximum atomic E-state index is 12.4. The average Bonchev–Trinajstić information content (AvgIpc) is 2.41. The van der Waals surface area contributed by atoms with Crippen LogP contribution in [0.3, 0.4) is 0 Å². The molecule has 0 spiro atoms. The summed E-state index contributed by atoms with van der Waals surface area (Å²) in [5.74, 6) is -1.08. The summed E-state index contributed by atoms with van der Waals surface area (Å²) in [7, 11) is 0. The molecule has 2 atom stereocenters. The van der Waals surface area contributed by atoms with Crippen LogP contribution in [0.5, 0.6) is 0 Å². The molecule has 1 aromatic rings. The van der Waals surface area contributed by atoms with Crippen molar-refractivity contribution in [2.75, 3.05) is 13.1 Å². The summed E-state index contributed by atoms with van der Waals surface area (Å²) in [6.07, 6.45) is 2.17. The first-order valence-corrected chi connectivity index (χ1v) is 7.16. The van der Waals surface area contributed by atoms with Crippen molar-refractivity contribution in [1.82, 2.24) is 4.90 Å². The maximum absolute atomic E-state index is 12.4. The highest BCUT2D eigenvalue weighted by Gasteiger charge is 2.54. The third-order valence-electron chi connectivity index (χ3n) is 4.63. The van der Waals surface area contributed by atoms with Crippen molar-refractivity contribution < 1.29 is 14.7 Å². The quantitative estimate of drug-likeness (QED) is 0.855. The number of carboxylic acids is 1. The number of hydrogen-bond acceptors (Lipinski definition) is 3. The first-order valence-electron chi connectivity index (χ1n) is 7.16. The zero-order valence-corrected chi connectivity index (χ0v) is 11.4. The SMILES string of the molecule is O=C(O)C12CCCC(CN(Cc3ccccc3)C1)C2=O. The lowest BCUT2D eigenvalue weighted by Crippen LogP contribution is -2.59. The molecule has 2 unspecified atom stereocenters. The van der Waals surface area contributed by atoms with E-state index in [0.717, 1.165) is 19.4 Å². The lowest BCUT2D eigenvalue weighted by Gasteiger charge is -2.45. The fourth-order valence-electron chi connectivity index (χ4n) is 3.63. The van der Waals surface area contributed by atoms with Crippen molar-refractivity contribution in [1.29, 1.82) is 0 Å². The van der Waals surface area contributed by atoms with Gasteiger partial charge in [0, 0.05) is 25.6 Å². The second-order valence-electron chi connectivity index (χ2n) is 6.00. The summed E-state index contributed by atoms with van der Waals surface area (Å²) in [5, 5.41) is 9.55. The number of piperidine rings is 1. The van der Waals surface area contributed by atoms with Gasteiger partial charge in [-0.2, -0.15) is 0 Å². The Kier molecular flexibility index (Phi) is 3.34. The zero-order chi connectivity index (χ0) is 14.2. The number of fused-ring (bicyclic) bond motifs is 2. The maximum Gasteiger partial charge on any atom is 0.318 e. The number of ketones is 1. The Morgan fingerprint density at radius 1 is 1.35 bits per heavy atom. The van der Waals surface area contributed by atoms with Gasteiger partial charge in [-0.25, -0.2) is 0 Å². The number of likely N-dealkylation sites (tertiary alicyclic amines) is 1. The standard InChI is InChI=1S/C16H19NO3/c18-14-13-7-4-8-16(14,15(19)20)11-17(10-13)9-12-5-2-1-3-6-12/h1-3,5-6,13H,4,7-11H2,(H,19,20). The van der Waals surface area contributed by atoms with Gasteiger partial charge >= 0.3 is 5.97 Å². The van der Waals surface area contributed by atoms with E-state index >= 15 is 0 Å². The van der Waals surface area contributed by atoms with Crippen molar-refractivity contribution in [2.45, 2.75) is 25.8 Å². The average molecular weight is 273 g/mol. The molecule has 0 amide bonds. The Balaban J connectivity index is 1.82. The van der Waals surface area contributed by atoms with Crippen molar-refractivity contribution in [3.8, 4) is 0 Å². The van der Waals surface area contributed by atoms with Crippen LogP contribution >= 0.6 is 0 Å². The van der Waals surface area contributed by atoms with E-state index in [2.05, 4.69) is 4.90 Å². The van der Waals surface area contributed by atoms with E-state index in [0.29, 0.717) is 19.5 Å². The topological polar surface area (TPSA) is 57.6 Å². The van der Waals surface area contributed by atoms with Crippen LogP contribution in [-0.2, 0) is 16.1 Å². The van der Waals surface area contributed by atoms with E-state index in [9.17, 15) is 14.7 Å². The number of benzene rings is 1. The fourth-order valence-corrected chi connectivity index (χ4v) is 3.63. The molecule has 1 saturated carbocycles. The van der Waals surface area contributed by atoms with Gasteiger partial charge < -0.3 is 5.11 Å². The minimum absolute atomic E-state index is 0.0411. The first kappa shape index (κ1) is 13.3. The Morgan fingerprint density at radius 3 is 2.80 bits per heavy atom. The molecule has 2 fully saturated rings. The Labute approximate surface area is 118 Å². The van der Waals surface area contributed by atoms with Gasteiger partial charge in [-0.3, -0.25) is 14.5 Å². The zero-order valence-electron chi connectivity index (χ0n) is 11.4. The van der Waals surface area contributed by atoms with Gasteiger partial charge in [0.1, 0.15) is 5.41 Å². The predicted molar refractivity (Wildman–Crippen MR) is 74.1 cm³/mol. The van der Waals surface area contributed by atoms with E-state index in [1.165, 1.54) is 5.56 Å². The van der Waals surface area contributed by atoms with Crippen LogP contribution < -0.4 is 0 Å². The molecule has 1 aromatic carbocycles. The van der Waals surface area contributed by atoms with E-state index < -0.39 is 11.4 Å². The number of nitrogens with zero attached hydrogens (tertiary/aromatic N) is 1. The van der Waals surface area contributed by atoms with E-state index in [4.69, 9.17) is 0 Å². The Hall–Kier alpha value is -1.68. The summed E-state index contributed by atoms with van der Waals surface area (Å²) in [6, 6.07) is 10.0. The number of Topliss-reactive ketones (excluding diaryl/α,β-unsaturated/α-hetero) is 1. The minimum Gasteiger partial charge on any atom is -0.480 e. The van der Waals surface area contributed by atoms with Gasteiger partial charge in [-0.05, 0) is 18.4 Å². The molecule has 2 bridgehead atoms. The molecular weight excluding hydrogens is 254 g/mol. The van der Waals surface area contributed by atoms with Crippen molar-refractivity contribution in [3.05, 3.63) is 35.9 Å². The van der Waals surface area contributed by atoms with Crippen LogP contribution in [0.15, 0.2) is 30.3 Å². The minimum atomic E-state index is -1.16. The lowest BCUT2D eigenvalue weighted by atomic mass is 9.65. The Morgan fingerprint density at radius 2 is 2.10 bits per heavy atom. The van der Waals surface area contributed by atoms with Crippen LogP contribution in [0, 0.1) is 11.3 Å². The molecule has 1 saturated heterocycles. The molecule has 0 radical (unpaired) electrons. The second-order valence-corrected chi connectivity index (χ2v) is 6.00. The van der Waals surface area contributed by atoms with Gasteiger partial charge in [0.15, 0.2) is 5.78 Å². The number of aliphatic carboxylic acids is 1. The van der Waals surface area contributed by atoms with Crippen LogP contribution in [0.4, 0.5) is 0 Å². The van der Waals surface area contributed by atoms with Crippen molar-refractivity contribution in [2.24, 2.45) is 11.3 Å². The number of hydrogen-bond donors (Lipinski definition) is 1. The Bertz CT molecular complexity index is 528. The molecule has 1 heterocycles. The third-order valence-corrected chi connectivity index (χ3v) is 4.63. The number of carboxylic acid groups (broad SMARTS) is 1. The molecule has 1 aliphatic heterocycles. The summed E-state index contributed by atoms with van der Waals surface area (Å²) in [6.45, 7) is 1.77. The number of carbonyl (C=O) groups is 2. The highest BCUT2D eigenvalue weighted by Crippen LogP contribution is 2.41. The normalized spacial score (nSPS) is 30.2. The smallest absolute Gasteiger partial charge is 0.318 e. The predicted octanol–water partition coefficient (Wildman–Crippen LogP) is 1.94. The summed E-state index contributed by atoms with van der Waals surface area (Å²) in [4.78, 5) is 26.1. The molecule has 1 N–H and O–H groups in total. The number of rotatable bonds is 3. The van der Waals surface area contributed by atoms with Crippen LogP contribution in [0.25, 0.3) is 0 Å². The summed E-state index contributed by atoms with van der Waals surface area (Å²) in [5.41, 5.74) is 0.0103.